The molecule has 1 unspecified atom stereocenters. The Balaban J connectivity index is 1.05. The second-order valence-electron chi connectivity index (χ2n) is 14.3. The predicted octanol–water partition coefficient (Wildman–Crippen LogP) is 12.3. The molecule has 0 saturated heterocycles. The van der Waals surface area contributed by atoms with Crippen LogP contribution >= 0.6 is 0 Å². The summed E-state index contributed by atoms with van der Waals surface area (Å²) in [5.74, 6) is 0. The Morgan fingerprint density at radius 2 is 1.40 bits per heavy atom. The highest BCUT2D eigenvalue weighted by molar-refractivity contribution is 6.14. The second-order valence-corrected chi connectivity index (χ2v) is 14.3. The summed E-state index contributed by atoms with van der Waals surface area (Å²) in [5.41, 5.74) is 14.5. The number of aliphatic imine (C=N–C) groups is 1. The first-order valence-corrected chi connectivity index (χ1v) is 19.1. The third-order valence-electron chi connectivity index (χ3n) is 10.9. The van der Waals surface area contributed by atoms with Crippen LogP contribution in [0.15, 0.2) is 206 Å². The van der Waals surface area contributed by atoms with Crippen molar-refractivity contribution in [2.24, 2.45) is 4.99 Å². The molecule has 5 heterocycles. The Hall–Kier alpha value is -7.57. The first-order chi connectivity index (χ1) is 28.1. The number of allylic oxidation sites excluding steroid dienone is 4. The highest BCUT2D eigenvalue weighted by Crippen LogP contribution is 2.44. The maximum atomic E-state index is 4.98. The third-order valence-corrected chi connectivity index (χ3v) is 10.9. The molecule has 5 aromatic carbocycles. The number of aromatic nitrogens is 3. The molecule has 10 rings (SSSR count). The van der Waals surface area contributed by atoms with Crippen molar-refractivity contribution in [1.29, 1.82) is 0 Å². The highest BCUT2D eigenvalue weighted by atomic mass is 15.2. The molecule has 2 aliphatic rings. The molecule has 8 aromatic rings. The predicted molar refractivity (Wildman–Crippen MR) is 236 cm³/mol. The number of para-hydroxylation sites is 3. The van der Waals surface area contributed by atoms with E-state index in [4.69, 9.17) is 15.0 Å². The molecule has 3 aromatic heterocycles. The lowest BCUT2D eigenvalue weighted by Crippen LogP contribution is -2.26. The minimum absolute atomic E-state index is 0.0547. The molecule has 0 amide bonds. The van der Waals surface area contributed by atoms with Crippen LogP contribution in [0.5, 0.6) is 0 Å². The lowest BCUT2D eigenvalue weighted by Gasteiger charge is -2.33. The van der Waals surface area contributed by atoms with E-state index in [2.05, 4.69) is 168 Å². The minimum Gasteiger partial charge on any atom is -0.361 e. The van der Waals surface area contributed by atoms with Crippen LogP contribution in [0.3, 0.4) is 0 Å². The Kier molecular flexibility index (Phi) is 8.49. The van der Waals surface area contributed by atoms with Crippen molar-refractivity contribution in [2.75, 3.05) is 11.9 Å². The van der Waals surface area contributed by atoms with Crippen LogP contribution in [-0.4, -0.2) is 32.7 Å². The standard InChI is InChI=1S/C51H38N6/c1-35-14-13-31-54-46-32-37(41-18-12-19-43-42-17-6-7-22-47(42)57(51(41)43)39-15-4-3-5-16-39)25-28-48(46)56(35)40-26-23-36(24-27-40)38-33-49(44-20-8-10-29-52-44)55(2)50(34-38)45-21-9-11-30-53-45/h3-34,49H,1H2,2H3/b14-13-,54-31?. The number of benzene rings is 5. The number of pyridine rings is 2. The SMILES string of the molecule is C=C1/C=C\C=Nc2cc(-c3cccc4c5ccccc5n(-c5ccccc5)c34)ccc2N1c1ccc(C2=CC(c3ccccn3)N(C)C(c3ccccn3)=C2)cc1. The van der Waals surface area contributed by atoms with Gasteiger partial charge in [-0.3, -0.25) is 15.0 Å². The summed E-state index contributed by atoms with van der Waals surface area (Å²) in [4.78, 5) is 18.8. The molecule has 0 spiro atoms. The maximum Gasteiger partial charge on any atom is 0.0903 e. The van der Waals surface area contributed by atoms with Gasteiger partial charge in [0.15, 0.2) is 0 Å². The van der Waals surface area contributed by atoms with Gasteiger partial charge >= 0.3 is 0 Å². The van der Waals surface area contributed by atoms with Crippen molar-refractivity contribution < 1.29 is 0 Å². The van der Waals surface area contributed by atoms with Crippen LogP contribution in [0, 0.1) is 0 Å². The van der Waals surface area contributed by atoms with Crippen LogP contribution in [0.4, 0.5) is 17.1 Å². The Morgan fingerprint density at radius 1 is 0.649 bits per heavy atom. The van der Waals surface area contributed by atoms with E-state index in [0.717, 1.165) is 67.8 Å². The number of fused-ring (bicyclic) bond motifs is 4. The molecule has 6 nitrogen and oxygen atoms in total. The molecular formula is C51H38N6. The van der Waals surface area contributed by atoms with Crippen LogP contribution < -0.4 is 4.90 Å². The summed E-state index contributed by atoms with van der Waals surface area (Å²) < 4.78 is 2.38. The largest absolute Gasteiger partial charge is 0.361 e. The molecule has 57 heavy (non-hydrogen) atoms. The van der Waals surface area contributed by atoms with Gasteiger partial charge < -0.3 is 14.4 Å². The molecule has 2 aliphatic heterocycles. The van der Waals surface area contributed by atoms with Gasteiger partial charge in [-0.05, 0) is 108 Å². The van der Waals surface area contributed by atoms with E-state index in [1.165, 1.54) is 21.8 Å². The van der Waals surface area contributed by atoms with E-state index >= 15 is 0 Å². The molecule has 0 N–H and O–H groups in total. The van der Waals surface area contributed by atoms with E-state index in [1.54, 1.807) is 0 Å². The fourth-order valence-corrected chi connectivity index (χ4v) is 8.21. The quantitative estimate of drug-likeness (QED) is 0.171. The average molecular weight is 735 g/mol. The molecular weight excluding hydrogens is 697 g/mol. The van der Waals surface area contributed by atoms with Crippen LogP contribution in [0.2, 0.25) is 0 Å². The first-order valence-electron chi connectivity index (χ1n) is 19.1. The first kappa shape index (κ1) is 34.0. The number of nitrogens with zero attached hydrogens (tertiary/aromatic N) is 6. The lowest BCUT2D eigenvalue weighted by molar-refractivity contribution is 0.404. The van der Waals surface area contributed by atoms with Crippen molar-refractivity contribution in [3.05, 3.63) is 218 Å². The number of hydrogen-bond acceptors (Lipinski definition) is 5. The van der Waals surface area contributed by atoms with Gasteiger partial charge in [0.05, 0.1) is 45.5 Å². The maximum absolute atomic E-state index is 4.98. The van der Waals surface area contributed by atoms with Gasteiger partial charge in [-0.1, -0.05) is 91.5 Å². The summed E-state index contributed by atoms with van der Waals surface area (Å²) in [6, 6.07) is 53.2. The fraction of sp³-hybridized carbons (Fsp3) is 0.0392. The zero-order valence-corrected chi connectivity index (χ0v) is 31.4. The zero-order valence-electron chi connectivity index (χ0n) is 31.4. The normalized spacial score (nSPS) is 15.9. The molecule has 0 saturated carbocycles. The highest BCUT2D eigenvalue weighted by Gasteiger charge is 2.26. The summed E-state index contributed by atoms with van der Waals surface area (Å²) in [6.07, 6.45) is 14.0. The van der Waals surface area contributed by atoms with Gasteiger partial charge in [-0.15, -0.1) is 0 Å². The smallest absolute Gasteiger partial charge is 0.0903 e. The summed E-state index contributed by atoms with van der Waals surface area (Å²) in [6.45, 7) is 4.50. The lowest BCUT2D eigenvalue weighted by atomic mass is 9.94. The van der Waals surface area contributed by atoms with Gasteiger partial charge in [-0.25, -0.2) is 0 Å². The van der Waals surface area contributed by atoms with E-state index in [1.807, 2.05) is 55.0 Å². The fourth-order valence-electron chi connectivity index (χ4n) is 8.21. The van der Waals surface area contributed by atoms with Crippen molar-refractivity contribution >= 4 is 56.4 Å². The van der Waals surface area contributed by atoms with E-state index in [-0.39, 0.29) is 6.04 Å². The Morgan fingerprint density at radius 3 is 2.21 bits per heavy atom. The van der Waals surface area contributed by atoms with Gasteiger partial charge in [-0.2, -0.15) is 0 Å². The monoisotopic (exact) mass is 734 g/mol. The number of anilines is 2. The number of hydrogen-bond donors (Lipinski definition) is 0. The summed E-state index contributed by atoms with van der Waals surface area (Å²) >= 11 is 0. The molecule has 272 valence electrons. The third kappa shape index (κ3) is 6.04. The Labute approximate surface area is 332 Å². The van der Waals surface area contributed by atoms with Crippen LogP contribution in [-0.2, 0) is 0 Å². The van der Waals surface area contributed by atoms with Crippen molar-refractivity contribution in [3.63, 3.8) is 0 Å². The minimum atomic E-state index is -0.0547. The average Bonchev–Trinajstić information content (AvgIpc) is 3.61. The van der Waals surface area contributed by atoms with Crippen LogP contribution in [0.1, 0.15) is 23.0 Å². The molecule has 1 atom stereocenters. The number of rotatable bonds is 6. The summed E-state index contributed by atoms with van der Waals surface area (Å²) in [7, 11) is 2.10. The van der Waals surface area contributed by atoms with Crippen molar-refractivity contribution in [3.8, 4) is 16.8 Å². The zero-order chi connectivity index (χ0) is 38.3. The second kappa shape index (κ2) is 14.3. The van der Waals surface area contributed by atoms with Crippen molar-refractivity contribution in [2.45, 2.75) is 6.04 Å². The summed E-state index contributed by atoms with van der Waals surface area (Å²) in [5, 5.41) is 2.44. The van der Waals surface area contributed by atoms with Crippen LogP contribution in [0.25, 0.3) is 49.9 Å². The van der Waals surface area contributed by atoms with E-state index in [9.17, 15) is 0 Å². The molecule has 6 heteroatoms. The van der Waals surface area contributed by atoms with Gasteiger partial charge in [0.2, 0.25) is 0 Å². The molecule has 0 aliphatic carbocycles. The topological polar surface area (TPSA) is 49.6 Å². The molecule has 0 radical (unpaired) electrons. The van der Waals surface area contributed by atoms with E-state index < -0.39 is 0 Å². The Bertz CT molecular complexity index is 2920. The molecule has 0 fully saturated rings. The van der Waals surface area contributed by atoms with Gasteiger partial charge in [0.1, 0.15) is 0 Å². The number of likely N-dealkylation sites (N-methyl/N-ethyl adjacent to an activating group) is 1. The molecule has 0 bridgehead atoms. The van der Waals surface area contributed by atoms with Gasteiger partial charge in [0, 0.05) is 59.1 Å². The van der Waals surface area contributed by atoms with E-state index in [0.29, 0.717) is 0 Å². The van der Waals surface area contributed by atoms with Crippen molar-refractivity contribution in [1.82, 2.24) is 19.4 Å². The van der Waals surface area contributed by atoms with Gasteiger partial charge in [0.25, 0.3) is 0 Å².